The Bertz CT molecular complexity index is 2260. The monoisotopic (exact) mass is 836 g/mol. The Kier molecular flexibility index (Phi) is 13.3. The van der Waals surface area contributed by atoms with E-state index in [9.17, 15) is 0 Å². The number of nitrogens with one attached hydrogen (secondary N) is 2. The number of rotatable bonds is 4. The molecule has 9 heterocycles. The van der Waals surface area contributed by atoms with Crippen LogP contribution in [0.5, 0.6) is 0 Å². The number of halogens is 3. The van der Waals surface area contributed by atoms with Gasteiger partial charge in [0.1, 0.15) is 33.2 Å². The Balaban J connectivity index is 0.000000147. The minimum atomic E-state index is -0.337. The predicted molar refractivity (Wildman–Crippen MR) is 228 cm³/mol. The lowest BCUT2D eigenvalue weighted by molar-refractivity contribution is 0.00578. The van der Waals surface area contributed by atoms with E-state index in [1.54, 1.807) is 18.5 Å². The lowest BCUT2D eigenvalue weighted by Crippen LogP contribution is -2.44. The largest absolute Gasteiger partial charge is 0.495 e. The molecule has 0 spiro atoms. The standard InChI is InChI=1S/C16H16ClN5O.C13H17BN2O2.C9H11Cl2N3O.CH4/c1-10-9-23-7-6-22(10)14-8-13(17)20-16(21-14)12-3-5-19-15-11(12)2-4-18-15;1-12(2)13(3,4)18-14(17-12)10-6-8-16-11-9(10)5-7-15-11;1-6-5-15-3-2-14(6)8-4-7(10)12-9(11)13-8;/h2-5,8,10H,6-7,9H2,1H3,(H,18,19);5-8H,1-4H3,(H,15,16);4,6H,2-3,5H2,1H3;1H4/t10-;;6-;/m1.1./s1. The summed E-state index contributed by atoms with van der Waals surface area (Å²) < 4.78 is 23.0. The van der Waals surface area contributed by atoms with Gasteiger partial charge in [-0.3, -0.25) is 0 Å². The molecule has 6 aromatic rings. The van der Waals surface area contributed by atoms with Crippen LogP contribution in [-0.2, 0) is 18.8 Å². The molecule has 18 heteroatoms. The molecule has 9 rings (SSSR count). The lowest BCUT2D eigenvalue weighted by atomic mass is 9.78. The van der Waals surface area contributed by atoms with Crippen molar-refractivity contribution in [1.29, 1.82) is 0 Å². The van der Waals surface area contributed by atoms with Gasteiger partial charge in [-0.25, -0.2) is 29.9 Å². The Morgan fingerprint density at radius 1 is 0.702 bits per heavy atom. The van der Waals surface area contributed by atoms with E-state index in [2.05, 4.69) is 86.2 Å². The highest BCUT2D eigenvalue weighted by Gasteiger charge is 2.52. The first-order valence-corrected chi connectivity index (χ1v) is 19.6. The first-order valence-electron chi connectivity index (χ1n) is 18.4. The fourth-order valence-corrected chi connectivity index (χ4v) is 7.22. The van der Waals surface area contributed by atoms with Crippen LogP contribution in [-0.4, -0.2) is 110 Å². The zero-order valence-corrected chi connectivity index (χ0v) is 34.4. The van der Waals surface area contributed by atoms with E-state index in [1.807, 2.05) is 42.7 Å². The first kappa shape index (κ1) is 42.5. The Hall–Kier alpha value is -4.09. The number of H-pyrrole nitrogens is 2. The normalized spacial score (nSPS) is 20.1. The van der Waals surface area contributed by atoms with Gasteiger partial charge < -0.3 is 38.6 Å². The maximum absolute atomic E-state index is 6.26. The molecule has 0 unspecified atom stereocenters. The van der Waals surface area contributed by atoms with Crippen molar-refractivity contribution in [3.8, 4) is 11.4 Å². The molecule has 302 valence electrons. The molecule has 3 aliphatic rings. The van der Waals surface area contributed by atoms with Gasteiger partial charge in [-0.05, 0) is 82.9 Å². The lowest BCUT2D eigenvalue weighted by Gasteiger charge is -2.34. The van der Waals surface area contributed by atoms with Crippen molar-refractivity contribution in [1.82, 2.24) is 39.9 Å². The summed E-state index contributed by atoms with van der Waals surface area (Å²) in [7, 11) is -0.337. The van der Waals surface area contributed by atoms with Gasteiger partial charge in [-0.1, -0.05) is 30.6 Å². The molecule has 0 saturated carbocycles. The third kappa shape index (κ3) is 9.46. The van der Waals surface area contributed by atoms with Gasteiger partial charge >= 0.3 is 7.12 Å². The van der Waals surface area contributed by atoms with Crippen LogP contribution in [0.25, 0.3) is 33.5 Å². The first-order chi connectivity index (χ1) is 26.8. The van der Waals surface area contributed by atoms with E-state index < -0.39 is 0 Å². The number of morpholine rings is 2. The van der Waals surface area contributed by atoms with Gasteiger partial charge in [0.05, 0.1) is 49.7 Å². The molecule has 2 atom stereocenters. The number of aromatic nitrogens is 8. The number of ether oxygens (including phenoxy) is 2. The van der Waals surface area contributed by atoms with Crippen LogP contribution < -0.4 is 15.3 Å². The van der Waals surface area contributed by atoms with Crippen LogP contribution >= 0.6 is 34.8 Å². The Labute approximate surface area is 348 Å². The maximum atomic E-state index is 6.26. The van der Waals surface area contributed by atoms with Gasteiger partial charge in [0.25, 0.3) is 0 Å². The van der Waals surface area contributed by atoms with Crippen LogP contribution in [0.2, 0.25) is 15.6 Å². The summed E-state index contributed by atoms with van der Waals surface area (Å²) in [5, 5.41) is 3.01. The van der Waals surface area contributed by atoms with Gasteiger partial charge in [-0.15, -0.1) is 0 Å². The summed E-state index contributed by atoms with van der Waals surface area (Å²) in [6.45, 7) is 16.8. The van der Waals surface area contributed by atoms with Gasteiger partial charge in [0.15, 0.2) is 5.82 Å². The number of fused-ring (bicyclic) bond motifs is 2. The zero-order valence-electron chi connectivity index (χ0n) is 32.1. The van der Waals surface area contributed by atoms with E-state index in [4.69, 9.17) is 58.6 Å². The van der Waals surface area contributed by atoms with Crippen molar-refractivity contribution in [2.24, 2.45) is 0 Å². The number of anilines is 2. The molecular weight excluding hydrogens is 790 g/mol. The minimum Gasteiger partial charge on any atom is -0.399 e. The van der Waals surface area contributed by atoms with Crippen LogP contribution in [0, 0.1) is 0 Å². The number of pyridine rings is 2. The van der Waals surface area contributed by atoms with Crippen molar-refractivity contribution in [2.45, 2.75) is 72.3 Å². The van der Waals surface area contributed by atoms with Crippen molar-refractivity contribution in [3.63, 3.8) is 0 Å². The molecular formula is C39H48BCl3N10O4. The van der Waals surface area contributed by atoms with Crippen molar-refractivity contribution in [3.05, 3.63) is 76.8 Å². The Morgan fingerprint density at radius 2 is 1.23 bits per heavy atom. The highest BCUT2D eigenvalue weighted by Crippen LogP contribution is 2.37. The van der Waals surface area contributed by atoms with Crippen molar-refractivity contribution < 1.29 is 18.8 Å². The van der Waals surface area contributed by atoms with Crippen LogP contribution in [0.15, 0.2) is 61.2 Å². The summed E-state index contributed by atoms with van der Waals surface area (Å²) in [5.41, 5.74) is 2.99. The highest BCUT2D eigenvalue weighted by atomic mass is 35.5. The second kappa shape index (κ2) is 17.8. The average molecular weight is 838 g/mol. The molecule has 6 aromatic heterocycles. The van der Waals surface area contributed by atoms with Crippen LogP contribution in [0.4, 0.5) is 11.6 Å². The molecule has 2 N–H and O–H groups in total. The molecule has 0 radical (unpaired) electrons. The maximum Gasteiger partial charge on any atom is 0.495 e. The average Bonchev–Trinajstić information content (AvgIpc) is 3.89. The third-order valence-electron chi connectivity index (χ3n) is 10.4. The summed E-state index contributed by atoms with van der Waals surface area (Å²) >= 11 is 17.8. The number of hydrogen-bond acceptors (Lipinski definition) is 12. The Morgan fingerprint density at radius 3 is 1.81 bits per heavy atom. The van der Waals surface area contributed by atoms with Crippen LogP contribution in [0.1, 0.15) is 49.0 Å². The predicted octanol–water partition coefficient (Wildman–Crippen LogP) is 7.41. The number of hydrogen-bond donors (Lipinski definition) is 2. The molecule has 0 amide bonds. The van der Waals surface area contributed by atoms with E-state index in [0.29, 0.717) is 42.6 Å². The second-order valence-corrected chi connectivity index (χ2v) is 15.9. The molecule has 0 bridgehead atoms. The molecule has 0 aliphatic carbocycles. The van der Waals surface area contributed by atoms with Gasteiger partial charge in [0, 0.05) is 66.3 Å². The third-order valence-corrected chi connectivity index (χ3v) is 10.9. The number of nitrogens with zero attached hydrogens (tertiary/aromatic N) is 8. The fourth-order valence-electron chi connectivity index (χ4n) is 6.65. The summed E-state index contributed by atoms with van der Waals surface area (Å²) in [6.07, 6.45) is 7.26. The summed E-state index contributed by atoms with van der Waals surface area (Å²) in [4.78, 5) is 36.2. The zero-order chi connectivity index (χ0) is 39.6. The molecule has 14 nitrogen and oxygen atoms in total. The van der Waals surface area contributed by atoms with Crippen LogP contribution in [0.3, 0.4) is 0 Å². The molecule has 57 heavy (non-hydrogen) atoms. The SMILES string of the molecule is C.CC1(C)OB(c2ccnc3[nH]ccc23)OC1(C)C.C[C@@H]1COCCN1c1cc(Cl)nc(-c2ccnc3[nH]ccc23)n1.C[C@@H]1COCCN1c1cc(Cl)nc(Cl)n1. The fraction of sp³-hybridized carbons (Fsp3) is 0.436. The van der Waals surface area contributed by atoms with E-state index >= 15 is 0 Å². The van der Waals surface area contributed by atoms with Gasteiger partial charge in [-0.2, -0.15) is 0 Å². The smallest absolute Gasteiger partial charge is 0.399 e. The van der Waals surface area contributed by atoms with E-state index in [1.165, 1.54) is 0 Å². The van der Waals surface area contributed by atoms with E-state index in [0.717, 1.165) is 57.8 Å². The minimum absolute atomic E-state index is 0. The van der Waals surface area contributed by atoms with Gasteiger partial charge in [0.2, 0.25) is 5.28 Å². The van der Waals surface area contributed by atoms with Crippen molar-refractivity contribution in [2.75, 3.05) is 49.3 Å². The van der Waals surface area contributed by atoms with Crippen molar-refractivity contribution >= 4 is 81.1 Å². The number of aromatic amines is 2. The quantitative estimate of drug-likeness (QED) is 0.103. The van der Waals surface area contributed by atoms with E-state index in [-0.39, 0.29) is 43.1 Å². The molecule has 3 saturated heterocycles. The highest BCUT2D eigenvalue weighted by molar-refractivity contribution is 6.65. The molecule has 3 aliphatic heterocycles. The topological polar surface area (TPSA) is 152 Å². The summed E-state index contributed by atoms with van der Waals surface area (Å²) in [6, 6.07) is 11.9. The molecule has 0 aromatic carbocycles. The second-order valence-electron chi connectivity index (χ2n) is 14.8. The molecule has 3 fully saturated rings. The summed E-state index contributed by atoms with van der Waals surface area (Å²) in [5.74, 6) is 2.20.